The lowest BCUT2D eigenvalue weighted by molar-refractivity contribution is -0.147. The van der Waals surface area contributed by atoms with Crippen LogP contribution in [0.5, 0.6) is 0 Å². The van der Waals surface area contributed by atoms with Gasteiger partial charge in [0, 0.05) is 10.0 Å². The number of hydrogen-bond donors (Lipinski definition) is 2. The molecular weight excluding hydrogens is 460 g/mol. The number of hydrogen-bond acceptors (Lipinski definition) is 4. The van der Waals surface area contributed by atoms with Crippen molar-refractivity contribution >= 4 is 39.8 Å². The highest BCUT2D eigenvalue weighted by molar-refractivity contribution is 9.10. The lowest BCUT2D eigenvalue weighted by atomic mass is 10.0. The van der Waals surface area contributed by atoms with Gasteiger partial charge in [0.15, 0.2) is 0 Å². The van der Waals surface area contributed by atoms with Gasteiger partial charge in [-0.2, -0.15) is 0 Å². The van der Waals surface area contributed by atoms with E-state index in [-0.39, 0.29) is 18.2 Å². The maximum atomic E-state index is 13.1. The molecule has 0 aromatic heterocycles. The van der Waals surface area contributed by atoms with E-state index in [1.54, 1.807) is 43.3 Å². The highest BCUT2D eigenvalue weighted by atomic mass is 79.9. The number of nitrogens with one attached hydrogen (secondary N) is 2. The minimum absolute atomic E-state index is 0.0363. The van der Waals surface area contributed by atoms with Crippen LogP contribution in [0.25, 0.3) is 6.08 Å². The SMILES string of the molecule is CCOC(=O)[C@H](CC(C)C)NC(=O)/C(=C\c1ccc(Br)cc1)NC(=O)c1ccccc1. The van der Waals surface area contributed by atoms with Crippen LogP contribution in [0.1, 0.15) is 43.1 Å². The van der Waals surface area contributed by atoms with E-state index >= 15 is 0 Å². The van der Waals surface area contributed by atoms with Crippen LogP contribution in [0.2, 0.25) is 0 Å². The zero-order valence-corrected chi connectivity index (χ0v) is 19.4. The molecule has 0 saturated heterocycles. The lowest BCUT2D eigenvalue weighted by Crippen LogP contribution is -2.45. The van der Waals surface area contributed by atoms with Crippen molar-refractivity contribution in [1.82, 2.24) is 10.6 Å². The fourth-order valence-corrected chi connectivity index (χ4v) is 3.10. The summed E-state index contributed by atoms with van der Waals surface area (Å²) in [6, 6.07) is 15.1. The standard InChI is InChI=1S/C24H27BrN2O4/c1-4-31-24(30)21(14-16(2)3)27-23(29)20(15-17-10-12-19(25)13-11-17)26-22(28)18-8-6-5-7-9-18/h5-13,15-16,21H,4,14H2,1-3H3,(H,26,28)(H,27,29)/b20-15+/t21-/m0/s1. The number of halogens is 1. The molecule has 0 aliphatic carbocycles. The quantitative estimate of drug-likeness (QED) is 0.408. The molecule has 2 aromatic carbocycles. The predicted octanol–water partition coefficient (Wildman–Crippen LogP) is 4.31. The van der Waals surface area contributed by atoms with Crippen LogP contribution in [-0.4, -0.2) is 30.4 Å². The second-order valence-electron chi connectivity index (χ2n) is 7.34. The van der Waals surface area contributed by atoms with E-state index in [9.17, 15) is 14.4 Å². The largest absolute Gasteiger partial charge is 0.464 e. The predicted molar refractivity (Wildman–Crippen MR) is 124 cm³/mol. The molecule has 2 rings (SSSR count). The number of rotatable bonds is 9. The first-order valence-corrected chi connectivity index (χ1v) is 10.9. The van der Waals surface area contributed by atoms with Crippen LogP contribution in [-0.2, 0) is 14.3 Å². The smallest absolute Gasteiger partial charge is 0.328 e. The average molecular weight is 487 g/mol. The fraction of sp³-hybridized carbons (Fsp3) is 0.292. The van der Waals surface area contributed by atoms with E-state index in [0.29, 0.717) is 12.0 Å². The summed E-state index contributed by atoms with van der Waals surface area (Å²) in [6.07, 6.45) is 1.99. The van der Waals surface area contributed by atoms with E-state index in [1.807, 2.05) is 38.1 Å². The third kappa shape index (κ3) is 8.02. The van der Waals surface area contributed by atoms with Crippen LogP contribution in [0.3, 0.4) is 0 Å². The van der Waals surface area contributed by atoms with E-state index < -0.39 is 23.8 Å². The molecule has 31 heavy (non-hydrogen) atoms. The number of ether oxygens (including phenoxy) is 1. The van der Waals surface area contributed by atoms with Gasteiger partial charge in [0.1, 0.15) is 11.7 Å². The summed E-state index contributed by atoms with van der Waals surface area (Å²) in [5.41, 5.74) is 1.17. The van der Waals surface area contributed by atoms with Crippen molar-refractivity contribution in [3.05, 3.63) is 75.9 Å². The van der Waals surface area contributed by atoms with Gasteiger partial charge < -0.3 is 15.4 Å². The van der Waals surface area contributed by atoms with Crippen LogP contribution in [0, 0.1) is 5.92 Å². The van der Waals surface area contributed by atoms with Gasteiger partial charge in [0.25, 0.3) is 11.8 Å². The topological polar surface area (TPSA) is 84.5 Å². The van der Waals surface area contributed by atoms with E-state index in [1.165, 1.54) is 0 Å². The molecule has 0 aliphatic rings. The second-order valence-corrected chi connectivity index (χ2v) is 8.25. The summed E-state index contributed by atoms with van der Waals surface area (Å²) in [5, 5.41) is 5.39. The molecule has 0 heterocycles. The molecule has 0 bridgehead atoms. The molecule has 0 fully saturated rings. The molecule has 0 aliphatic heterocycles. The number of carbonyl (C=O) groups excluding carboxylic acids is 3. The van der Waals surface area contributed by atoms with Crippen LogP contribution in [0.4, 0.5) is 0 Å². The van der Waals surface area contributed by atoms with Gasteiger partial charge in [0.2, 0.25) is 0 Å². The number of benzene rings is 2. The zero-order chi connectivity index (χ0) is 22.8. The zero-order valence-electron chi connectivity index (χ0n) is 17.9. The summed E-state index contributed by atoms with van der Waals surface area (Å²) < 4.78 is 5.99. The second kappa shape index (κ2) is 12.1. The molecule has 6 nitrogen and oxygen atoms in total. The van der Waals surface area contributed by atoms with Gasteiger partial charge in [-0.1, -0.05) is 60.1 Å². The van der Waals surface area contributed by atoms with Gasteiger partial charge in [-0.25, -0.2) is 4.79 Å². The number of esters is 1. The maximum absolute atomic E-state index is 13.1. The Bertz CT molecular complexity index is 924. The van der Waals surface area contributed by atoms with Crippen molar-refractivity contribution in [3.8, 4) is 0 Å². The first-order chi connectivity index (χ1) is 14.8. The Labute approximate surface area is 191 Å². The molecule has 0 spiro atoms. The van der Waals surface area contributed by atoms with Gasteiger partial charge in [-0.05, 0) is 55.2 Å². The van der Waals surface area contributed by atoms with Crippen LogP contribution >= 0.6 is 15.9 Å². The third-order valence-electron chi connectivity index (χ3n) is 4.29. The lowest BCUT2D eigenvalue weighted by Gasteiger charge is -2.20. The molecule has 0 radical (unpaired) electrons. The van der Waals surface area contributed by atoms with Gasteiger partial charge in [-0.3, -0.25) is 9.59 Å². The summed E-state index contributed by atoms with van der Waals surface area (Å²) in [4.78, 5) is 38.1. The summed E-state index contributed by atoms with van der Waals surface area (Å²) >= 11 is 3.38. The third-order valence-corrected chi connectivity index (χ3v) is 4.82. The molecule has 164 valence electrons. The highest BCUT2D eigenvalue weighted by Gasteiger charge is 2.25. The summed E-state index contributed by atoms with van der Waals surface area (Å²) in [6.45, 7) is 5.84. The highest BCUT2D eigenvalue weighted by Crippen LogP contribution is 2.14. The first kappa shape index (κ1) is 24.3. The molecule has 2 aromatic rings. The fourth-order valence-electron chi connectivity index (χ4n) is 2.83. The molecular formula is C24H27BrN2O4. The Morgan fingerprint density at radius 3 is 2.26 bits per heavy atom. The molecule has 1 atom stereocenters. The normalized spacial score (nSPS) is 12.2. The maximum Gasteiger partial charge on any atom is 0.328 e. The van der Waals surface area contributed by atoms with E-state index in [0.717, 1.165) is 10.0 Å². The molecule has 0 saturated carbocycles. The molecule has 0 unspecified atom stereocenters. The summed E-state index contributed by atoms with van der Waals surface area (Å²) in [5.74, 6) is -1.32. The van der Waals surface area contributed by atoms with Crippen LogP contribution in [0.15, 0.2) is 64.8 Å². The van der Waals surface area contributed by atoms with Crippen molar-refractivity contribution in [1.29, 1.82) is 0 Å². The van der Waals surface area contributed by atoms with E-state index in [4.69, 9.17) is 4.74 Å². The Kier molecular flexibility index (Phi) is 9.46. The Morgan fingerprint density at radius 1 is 1.03 bits per heavy atom. The van der Waals surface area contributed by atoms with Crippen molar-refractivity contribution in [2.75, 3.05) is 6.61 Å². The van der Waals surface area contributed by atoms with Crippen molar-refractivity contribution in [2.24, 2.45) is 5.92 Å². The number of carbonyl (C=O) groups is 3. The first-order valence-electron chi connectivity index (χ1n) is 10.1. The minimum atomic E-state index is -0.811. The summed E-state index contributed by atoms with van der Waals surface area (Å²) in [7, 11) is 0. The molecule has 2 amide bonds. The minimum Gasteiger partial charge on any atom is -0.464 e. The van der Waals surface area contributed by atoms with Crippen molar-refractivity contribution < 1.29 is 19.1 Å². The van der Waals surface area contributed by atoms with Crippen LogP contribution < -0.4 is 10.6 Å². The molecule has 7 heteroatoms. The monoisotopic (exact) mass is 486 g/mol. The molecule has 2 N–H and O–H groups in total. The van der Waals surface area contributed by atoms with Gasteiger partial charge in [-0.15, -0.1) is 0 Å². The van der Waals surface area contributed by atoms with Gasteiger partial charge in [0.05, 0.1) is 6.61 Å². The average Bonchev–Trinajstić information content (AvgIpc) is 2.74. The van der Waals surface area contributed by atoms with Gasteiger partial charge >= 0.3 is 5.97 Å². The van der Waals surface area contributed by atoms with Crippen molar-refractivity contribution in [2.45, 2.75) is 33.2 Å². The number of amides is 2. The Hall–Kier alpha value is -2.93. The Balaban J connectivity index is 2.31. The van der Waals surface area contributed by atoms with E-state index in [2.05, 4.69) is 26.6 Å². The Morgan fingerprint density at radius 2 is 1.68 bits per heavy atom. The van der Waals surface area contributed by atoms with Crippen molar-refractivity contribution in [3.63, 3.8) is 0 Å².